The molecule has 0 bridgehead atoms. The molecule has 0 radical (unpaired) electrons. The Balaban J connectivity index is 1.76. The molecule has 1 amide bonds. The van der Waals surface area contributed by atoms with Gasteiger partial charge in [-0.05, 0) is 49.9 Å². The van der Waals surface area contributed by atoms with Crippen molar-refractivity contribution >= 4 is 39.8 Å². The van der Waals surface area contributed by atoms with Crippen LogP contribution in [-0.2, 0) is 4.79 Å². The maximum absolute atomic E-state index is 12.0. The lowest BCUT2D eigenvalue weighted by Gasteiger charge is -2.14. The second-order valence-corrected chi connectivity index (χ2v) is 8.66. The highest BCUT2D eigenvalue weighted by Gasteiger charge is 2.11. The Bertz CT molecular complexity index is 689. The van der Waals surface area contributed by atoms with Crippen LogP contribution >= 0.6 is 23.1 Å². The fraction of sp³-hybridized carbons (Fsp3) is 0.500. The van der Waals surface area contributed by atoms with Gasteiger partial charge < -0.3 is 15.4 Å². The Morgan fingerprint density at radius 1 is 1.19 bits per heavy atom. The summed E-state index contributed by atoms with van der Waals surface area (Å²) >= 11 is 2.84. The summed E-state index contributed by atoms with van der Waals surface area (Å²) in [7, 11) is 1.64. The van der Waals surface area contributed by atoms with Crippen molar-refractivity contribution in [2.75, 3.05) is 18.2 Å². The van der Waals surface area contributed by atoms with Crippen LogP contribution in [0.25, 0.3) is 0 Å². The van der Waals surface area contributed by atoms with Crippen molar-refractivity contribution < 1.29 is 9.53 Å². The van der Waals surface area contributed by atoms with Gasteiger partial charge in [0.05, 0.1) is 12.9 Å². The SMILES string of the molecule is COc1ccc(Nc2nnc(SCC(=O)N[C@@H](C)CCC(C)C)s2)cc1. The minimum atomic E-state index is 0.0334. The Morgan fingerprint density at radius 2 is 1.92 bits per heavy atom. The van der Waals surface area contributed by atoms with E-state index in [1.807, 2.05) is 31.2 Å². The van der Waals surface area contributed by atoms with Gasteiger partial charge in [0.1, 0.15) is 5.75 Å². The first kappa shape index (κ1) is 20.5. The summed E-state index contributed by atoms with van der Waals surface area (Å²) in [6.45, 7) is 6.43. The van der Waals surface area contributed by atoms with E-state index in [9.17, 15) is 4.79 Å². The smallest absolute Gasteiger partial charge is 0.230 e. The number of amides is 1. The molecule has 0 saturated heterocycles. The Kier molecular flexibility index (Phi) is 8.18. The van der Waals surface area contributed by atoms with Gasteiger partial charge in [0.2, 0.25) is 11.0 Å². The number of anilines is 2. The summed E-state index contributed by atoms with van der Waals surface area (Å²) in [5, 5.41) is 15.2. The zero-order valence-electron chi connectivity index (χ0n) is 15.6. The molecule has 0 saturated carbocycles. The van der Waals surface area contributed by atoms with Crippen LogP contribution in [0, 0.1) is 5.92 Å². The minimum absolute atomic E-state index is 0.0334. The van der Waals surface area contributed by atoms with Crippen LogP contribution in [0.15, 0.2) is 28.6 Å². The molecule has 1 atom stereocenters. The second-order valence-electron chi connectivity index (χ2n) is 6.46. The van der Waals surface area contributed by atoms with Crippen molar-refractivity contribution in [1.82, 2.24) is 15.5 Å². The van der Waals surface area contributed by atoms with Crippen molar-refractivity contribution in [3.63, 3.8) is 0 Å². The number of benzene rings is 1. The maximum Gasteiger partial charge on any atom is 0.230 e. The third-order valence-electron chi connectivity index (χ3n) is 3.66. The highest BCUT2D eigenvalue weighted by Crippen LogP contribution is 2.28. The molecule has 26 heavy (non-hydrogen) atoms. The molecule has 0 aliphatic carbocycles. The molecular weight excluding hydrogens is 368 g/mol. The monoisotopic (exact) mass is 394 g/mol. The lowest BCUT2D eigenvalue weighted by molar-refractivity contribution is -0.119. The van der Waals surface area contributed by atoms with Crippen molar-refractivity contribution in [2.45, 2.75) is 44.0 Å². The van der Waals surface area contributed by atoms with Crippen LogP contribution in [-0.4, -0.2) is 35.0 Å². The largest absolute Gasteiger partial charge is 0.497 e. The van der Waals surface area contributed by atoms with Gasteiger partial charge in [-0.25, -0.2) is 0 Å². The van der Waals surface area contributed by atoms with Crippen LogP contribution in [0.2, 0.25) is 0 Å². The standard InChI is InChI=1S/C18H26N4O2S2/c1-12(2)5-6-13(3)19-16(23)11-25-18-22-21-17(26-18)20-14-7-9-15(24-4)10-8-14/h7-10,12-13H,5-6,11H2,1-4H3,(H,19,23)(H,20,21)/t13-/m0/s1. The van der Waals surface area contributed by atoms with Gasteiger partial charge in [0.25, 0.3) is 0 Å². The number of ether oxygens (including phenoxy) is 1. The van der Waals surface area contributed by atoms with E-state index in [0.29, 0.717) is 16.8 Å². The van der Waals surface area contributed by atoms with Gasteiger partial charge in [0.15, 0.2) is 4.34 Å². The van der Waals surface area contributed by atoms with E-state index < -0.39 is 0 Å². The third-order valence-corrected chi connectivity index (χ3v) is 5.63. The van der Waals surface area contributed by atoms with Crippen molar-refractivity contribution in [2.24, 2.45) is 5.92 Å². The van der Waals surface area contributed by atoms with E-state index in [-0.39, 0.29) is 11.9 Å². The van der Waals surface area contributed by atoms with Crippen LogP contribution < -0.4 is 15.4 Å². The maximum atomic E-state index is 12.0. The average molecular weight is 395 g/mol. The van der Waals surface area contributed by atoms with Gasteiger partial charge in [-0.1, -0.05) is 36.9 Å². The van der Waals surface area contributed by atoms with Crippen molar-refractivity contribution in [1.29, 1.82) is 0 Å². The zero-order chi connectivity index (χ0) is 18.9. The van der Waals surface area contributed by atoms with Crippen molar-refractivity contribution in [3.05, 3.63) is 24.3 Å². The van der Waals surface area contributed by atoms with Gasteiger partial charge in [-0.3, -0.25) is 4.79 Å². The van der Waals surface area contributed by atoms with Crippen LogP contribution in [0.3, 0.4) is 0 Å². The normalized spacial score (nSPS) is 12.0. The van der Waals surface area contributed by atoms with E-state index in [0.717, 1.165) is 28.6 Å². The van der Waals surface area contributed by atoms with E-state index in [4.69, 9.17) is 4.74 Å². The number of hydrogen-bond acceptors (Lipinski definition) is 7. The summed E-state index contributed by atoms with van der Waals surface area (Å²) < 4.78 is 5.91. The zero-order valence-corrected chi connectivity index (χ0v) is 17.2. The van der Waals surface area contributed by atoms with Gasteiger partial charge in [-0.15, -0.1) is 10.2 Å². The molecule has 142 valence electrons. The molecule has 0 unspecified atom stereocenters. The molecule has 0 aliphatic rings. The average Bonchev–Trinajstić information content (AvgIpc) is 3.06. The number of hydrogen-bond donors (Lipinski definition) is 2. The predicted molar refractivity (Wildman–Crippen MR) is 109 cm³/mol. The molecule has 8 heteroatoms. The quantitative estimate of drug-likeness (QED) is 0.584. The molecule has 2 N–H and O–H groups in total. The topological polar surface area (TPSA) is 76.1 Å². The van der Waals surface area contributed by atoms with E-state index in [1.54, 1.807) is 7.11 Å². The Morgan fingerprint density at radius 3 is 2.58 bits per heavy atom. The van der Waals surface area contributed by atoms with Crippen LogP contribution in [0.5, 0.6) is 5.75 Å². The Hall–Kier alpha value is -1.80. The van der Waals surface area contributed by atoms with Crippen LogP contribution in [0.1, 0.15) is 33.6 Å². The van der Waals surface area contributed by atoms with E-state index >= 15 is 0 Å². The first-order valence-corrected chi connectivity index (χ1v) is 10.4. The fourth-order valence-electron chi connectivity index (χ4n) is 2.22. The third kappa shape index (κ3) is 7.21. The second kappa shape index (κ2) is 10.4. The lowest BCUT2D eigenvalue weighted by atomic mass is 10.0. The molecule has 0 aliphatic heterocycles. The molecule has 2 rings (SSSR count). The first-order valence-electron chi connectivity index (χ1n) is 8.63. The molecular formula is C18H26N4O2S2. The van der Waals surface area contributed by atoms with Gasteiger partial charge in [-0.2, -0.15) is 0 Å². The number of nitrogens with zero attached hydrogens (tertiary/aromatic N) is 2. The summed E-state index contributed by atoms with van der Waals surface area (Å²) in [5.41, 5.74) is 0.912. The van der Waals surface area contributed by atoms with E-state index in [1.165, 1.54) is 23.1 Å². The van der Waals surface area contributed by atoms with Crippen LogP contribution in [0.4, 0.5) is 10.8 Å². The van der Waals surface area contributed by atoms with Crippen molar-refractivity contribution in [3.8, 4) is 5.75 Å². The minimum Gasteiger partial charge on any atom is -0.497 e. The van der Waals surface area contributed by atoms with Gasteiger partial charge in [0, 0.05) is 11.7 Å². The molecule has 0 fully saturated rings. The molecule has 1 aromatic carbocycles. The highest BCUT2D eigenvalue weighted by molar-refractivity contribution is 8.01. The summed E-state index contributed by atoms with van der Waals surface area (Å²) in [4.78, 5) is 12.0. The van der Waals surface area contributed by atoms with E-state index in [2.05, 4.69) is 34.7 Å². The Labute approximate surface area is 163 Å². The molecule has 0 spiro atoms. The highest BCUT2D eigenvalue weighted by atomic mass is 32.2. The molecule has 6 nitrogen and oxygen atoms in total. The predicted octanol–water partition coefficient (Wildman–Crippen LogP) is 4.32. The van der Waals surface area contributed by atoms with Gasteiger partial charge >= 0.3 is 0 Å². The fourth-order valence-corrected chi connectivity index (χ4v) is 3.80. The number of nitrogens with one attached hydrogen (secondary N) is 2. The number of methoxy groups -OCH3 is 1. The molecule has 2 aromatic rings. The number of carbonyl (C=O) groups excluding carboxylic acids is 1. The number of carbonyl (C=O) groups is 1. The summed E-state index contributed by atoms with van der Waals surface area (Å²) in [5.74, 6) is 1.84. The number of thioether (sulfide) groups is 1. The number of rotatable bonds is 10. The lowest BCUT2D eigenvalue weighted by Crippen LogP contribution is -2.33. The first-order chi connectivity index (χ1) is 12.5. The summed E-state index contributed by atoms with van der Waals surface area (Å²) in [6, 6.07) is 7.79. The molecule has 1 heterocycles. The number of aromatic nitrogens is 2. The summed E-state index contributed by atoms with van der Waals surface area (Å²) in [6.07, 6.45) is 2.12. The molecule has 1 aromatic heterocycles.